The van der Waals surface area contributed by atoms with Crippen molar-refractivity contribution in [3.05, 3.63) is 0 Å². The van der Waals surface area contributed by atoms with E-state index in [2.05, 4.69) is 11.9 Å². The van der Waals surface area contributed by atoms with Crippen molar-refractivity contribution in [3.8, 4) is 0 Å². The van der Waals surface area contributed by atoms with E-state index in [1.807, 2.05) is 0 Å². The van der Waals surface area contributed by atoms with Crippen LogP contribution in [0.3, 0.4) is 0 Å². The second-order valence-electron chi connectivity index (χ2n) is 4.34. The van der Waals surface area contributed by atoms with Crippen molar-refractivity contribution in [3.63, 3.8) is 0 Å². The van der Waals surface area contributed by atoms with Gasteiger partial charge in [-0.05, 0) is 19.9 Å². The van der Waals surface area contributed by atoms with Gasteiger partial charge in [0.15, 0.2) is 0 Å². The Labute approximate surface area is 92.8 Å². The van der Waals surface area contributed by atoms with Crippen LogP contribution in [-0.2, 0) is 0 Å². The molecule has 3 heteroatoms. The Morgan fingerprint density at radius 2 is 1.86 bits per heavy atom. The summed E-state index contributed by atoms with van der Waals surface area (Å²) in [6.45, 7) is 1.03. The maximum absolute atomic E-state index is 5.51. The Hall–Kier alpha value is -0.150. The average molecular weight is 214 g/mol. The second-order valence-corrected chi connectivity index (χ2v) is 4.87. The molecular weight excluding hydrogens is 192 g/mol. The van der Waals surface area contributed by atoms with Crippen LogP contribution in [0.1, 0.15) is 44.9 Å². The number of hydrogen-bond donors (Lipinski definition) is 1. The maximum atomic E-state index is 5.51. The summed E-state index contributed by atoms with van der Waals surface area (Å²) < 4.78 is 0. The Morgan fingerprint density at radius 3 is 2.36 bits per heavy atom. The van der Waals surface area contributed by atoms with Gasteiger partial charge in [0, 0.05) is 19.0 Å². The standard InChI is InChI=1S/C11H22N2S/c1-13(9-8-11(12)14)10-6-4-2-3-5-7-10/h10H,2-9H2,1H3,(H2,12,14). The first kappa shape index (κ1) is 11.9. The molecular formula is C11H22N2S. The normalized spacial score (nSPS) is 19.6. The zero-order chi connectivity index (χ0) is 10.4. The number of nitrogens with zero attached hydrogens (tertiary/aromatic N) is 1. The molecule has 1 fully saturated rings. The lowest BCUT2D eigenvalue weighted by Crippen LogP contribution is -2.33. The van der Waals surface area contributed by atoms with Crippen LogP contribution in [0.2, 0.25) is 0 Å². The van der Waals surface area contributed by atoms with Crippen molar-refractivity contribution >= 4 is 17.2 Å². The van der Waals surface area contributed by atoms with E-state index >= 15 is 0 Å². The third-order valence-electron chi connectivity index (χ3n) is 3.16. The van der Waals surface area contributed by atoms with Crippen LogP contribution < -0.4 is 5.73 Å². The second kappa shape index (κ2) is 6.36. The van der Waals surface area contributed by atoms with Crippen molar-refractivity contribution in [1.29, 1.82) is 0 Å². The molecule has 0 unspecified atom stereocenters. The fourth-order valence-corrected chi connectivity index (χ4v) is 2.26. The van der Waals surface area contributed by atoms with Gasteiger partial charge in [-0.3, -0.25) is 0 Å². The van der Waals surface area contributed by atoms with E-state index in [0.717, 1.165) is 19.0 Å². The highest BCUT2D eigenvalue weighted by Crippen LogP contribution is 2.20. The highest BCUT2D eigenvalue weighted by molar-refractivity contribution is 7.80. The van der Waals surface area contributed by atoms with Gasteiger partial charge in [-0.25, -0.2) is 0 Å². The summed E-state index contributed by atoms with van der Waals surface area (Å²) in [5.41, 5.74) is 5.51. The van der Waals surface area contributed by atoms with E-state index in [0.29, 0.717) is 4.99 Å². The van der Waals surface area contributed by atoms with E-state index in [9.17, 15) is 0 Å². The first-order chi connectivity index (χ1) is 6.70. The summed E-state index contributed by atoms with van der Waals surface area (Å²) in [5.74, 6) is 0. The first-order valence-electron chi connectivity index (χ1n) is 5.68. The summed E-state index contributed by atoms with van der Waals surface area (Å²) in [6.07, 6.45) is 9.19. The molecule has 0 saturated heterocycles. The molecule has 0 aromatic rings. The van der Waals surface area contributed by atoms with E-state index in [-0.39, 0.29) is 0 Å². The van der Waals surface area contributed by atoms with E-state index < -0.39 is 0 Å². The third kappa shape index (κ3) is 4.38. The van der Waals surface area contributed by atoms with Crippen molar-refractivity contribution in [2.24, 2.45) is 5.73 Å². The summed E-state index contributed by atoms with van der Waals surface area (Å²) in [5, 5.41) is 0. The molecule has 0 spiro atoms. The molecule has 1 aliphatic carbocycles. The Balaban J connectivity index is 2.26. The number of thiocarbonyl (C=S) groups is 1. The topological polar surface area (TPSA) is 29.3 Å². The van der Waals surface area contributed by atoms with Crippen molar-refractivity contribution in [1.82, 2.24) is 4.90 Å². The van der Waals surface area contributed by atoms with Gasteiger partial charge < -0.3 is 10.6 Å². The molecule has 1 saturated carbocycles. The fraction of sp³-hybridized carbons (Fsp3) is 0.909. The molecule has 0 aliphatic heterocycles. The summed E-state index contributed by atoms with van der Waals surface area (Å²) in [6, 6.07) is 0.770. The van der Waals surface area contributed by atoms with Crippen LogP contribution in [0.25, 0.3) is 0 Å². The smallest absolute Gasteiger partial charge is 0.0740 e. The van der Waals surface area contributed by atoms with Crippen LogP contribution in [-0.4, -0.2) is 29.5 Å². The summed E-state index contributed by atoms with van der Waals surface area (Å²) in [4.78, 5) is 3.08. The minimum absolute atomic E-state index is 0.644. The minimum atomic E-state index is 0.644. The van der Waals surface area contributed by atoms with Crippen molar-refractivity contribution < 1.29 is 0 Å². The molecule has 0 radical (unpaired) electrons. The van der Waals surface area contributed by atoms with Crippen LogP contribution in [0.4, 0.5) is 0 Å². The van der Waals surface area contributed by atoms with Gasteiger partial charge in [0.25, 0.3) is 0 Å². The van der Waals surface area contributed by atoms with Crippen LogP contribution in [0, 0.1) is 0 Å². The van der Waals surface area contributed by atoms with Gasteiger partial charge in [0.2, 0.25) is 0 Å². The predicted octanol–water partition coefficient (Wildman–Crippen LogP) is 2.32. The molecule has 0 aromatic heterocycles. The summed E-state index contributed by atoms with van der Waals surface area (Å²) in [7, 11) is 2.20. The van der Waals surface area contributed by atoms with Gasteiger partial charge in [-0.15, -0.1) is 0 Å². The maximum Gasteiger partial charge on any atom is 0.0740 e. The number of hydrogen-bond acceptors (Lipinski definition) is 2. The average Bonchev–Trinajstić information content (AvgIpc) is 2.42. The predicted molar refractivity (Wildman–Crippen MR) is 65.5 cm³/mol. The SMILES string of the molecule is CN(CCC(N)=S)C1CCCCCC1. The van der Waals surface area contributed by atoms with Crippen molar-refractivity contribution in [2.45, 2.75) is 51.0 Å². The van der Waals surface area contributed by atoms with Crippen LogP contribution in [0.15, 0.2) is 0 Å². The van der Waals surface area contributed by atoms with Gasteiger partial charge in [0.1, 0.15) is 0 Å². The van der Waals surface area contributed by atoms with E-state index in [1.54, 1.807) is 0 Å². The van der Waals surface area contributed by atoms with Crippen molar-refractivity contribution in [2.75, 3.05) is 13.6 Å². The van der Waals surface area contributed by atoms with Crippen LogP contribution in [0.5, 0.6) is 0 Å². The zero-order valence-electron chi connectivity index (χ0n) is 9.17. The molecule has 0 atom stereocenters. The number of rotatable bonds is 4. The van der Waals surface area contributed by atoms with Gasteiger partial charge in [-0.2, -0.15) is 0 Å². The van der Waals surface area contributed by atoms with E-state index in [4.69, 9.17) is 18.0 Å². The van der Waals surface area contributed by atoms with Gasteiger partial charge in [-0.1, -0.05) is 37.9 Å². The lowest BCUT2D eigenvalue weighted by atomic mass is 10.1. The van der Waals surface area contributed by atoms with Crippen LogP contribution >= 0.6 is 12.2 Å². The molecule has 82 valence electrons. The molecule has 2 N–H and O–H groups in total. The first-order valence-corrected chi connectivity index (χ1v) is 6.09. The largest absolute Gasteiger partial charge is 0.393 e. The molecule has 0 aromatic carbocycles. The lowest BCUT2D eigenvalue weighted by molar-refractivity contribution is 0.227. The Kier molecular flexibility index (Phi) is 5.41. The molecule has 2 nitrogen and oxygen atoms in total. The monoisotopic (exact) mass is 214 g/mol. The fourth-order valence-electron chi connectivity index (χ4n) is 2.17. The molecule has 14 heavy (non-hydrogen) atoms. The van der Waals surface area contributed by atoms with E-state index in [1.165, 1.54) is 38.5 Å². The van der Waals surface area contributed by atoms with Gasteiger partial charge in [0.05, 0.1) is 4.99 Å². The molecule has 1 aliphatic rings. The van der Waals surface area contributed by atoms with Gasteiger partial charge >= 0.3 is 0 Å². The minimum Gasteiger partial charge on any atom is -0.393 e. The highest BCUT2D eigenvalue weighted by atomic mass is 32.1. The molecule has 0 heterocycles. The Bertz CT molecular complexity index is 174. The lowest BCUT2D eigenvalue weighted by Gasteiger charge is -2.26. The number of nitrogens with two attached hydrogens (primary N) is 1. The Morgan fingerprint density at radius 1 is 1.29 bits per heavy atom. The molecule has 0 amide bonds. The molecule has 0 bridgehead atoms. The third-order valence-corrected chi connectivity index (χ3v) is 3.36. The summed E-state index contributed by atoms with van der Waals surface area (Å²) >= 11 is 4.89. The molecule has 1 rings (SSSR count). The zero-order valence-corrected chi connectivity index (χ0v) is 9.98. The highest BCUT2D eigenvalue weighted by Gasteiger charge is 2.16. The quantitative estimate of drug-likeness (QED) is 0.575.